The first-order valence-corrected chi connectivity index (χ1v) is 8.53. The Kier molecular flexibility index (Phi) is 10.8. The summed E-state index contributed by atoms with van der Waals surface area (Å²) in [6.45, 7) is 9.63. The zero-order valence-corrected chi connectivity index (χ0v) is 15.0. The van der Waals surface area contributed by atoms with Crippen molar-refractivity contribution in [2.75, 3.05) is 44.9 Å². The van der Waals surface area contributed by atoms with Gasteiger partial charge in [-0.2, -0.15) is 0 Å². The number of nitrogens with one attached hydrogen (secondary N) is 2. The Morgan fingerprint density at radius 2 is 1.88 bits per heavy atom. The lowest BCUT2D eigenvalue weighted by atomic mass is 10.3. The summed E-state index contributed by atoms with van der Waals surface area (Å²) in [5.41, 5.74) is 0.729. The molecular formula is C18H30N2O4. The summed E-state index contributed by atoms with van der Waals surface area (Å²) in [5.74, 6) is 0.668. The van der Waals surface area contributed by atoms with E-state index < -0.39 is 0 Å². The number of amides is 1. The van der Waals surface area contributed by atoms with Crippen LogP contribution < -0.4 is 15.4 Å². The van der Waals surface area contributed by atoms with Crippen LogP contribution in [0, 0.1) is 0 Å². The van der Waals surface area contributed by atoms with E-state index in [2.05, 4.69) is 24.5 Å². The van der Waals surface area contributed by atoms with Gasteiger partial charge in [-0.3, -0.25) is 4.79 Å². The molecule has 136 valence electrons. The molecule has 0 spiro atoms. The normalized spacial score (nSPS) is 10.8. The summed E-state index contributed by atoms with van der Waals surface area (Å²) in [7, 11) is 0. The molecule has 1 amide bonds. The lowest BCUT2D eigenvalue weighted by molar-refractivity contribution is -0.117. The molecule has 0 aliphatic rings. The van der Waals surface area contributed by atoms with E-state index in [1.165, 1.54) is 0 Å². The van der Waals surface area contributed by atoms with Gasteiger partial charge in [-0.1, -0.05) is 19.9 Å². The van der Waals surface area contributed by atoms with E-state index in [1.807, 2.05) is 25.1 Å². The molecule has 0 saturated carbocycles. The summed E-state index contributed by atoms with van der Waals surface area (Å²) in [6.07, 6.45) is 0.313. The molecule has 24 heavy (non-hydrogen) atoms. The first-order valence-electron chi connectivity index (χ1n) is 8.53. The van der Waals surface area contributed by atoms with Gasteiger partial charge in [0.1, 0.15) is 5.75 Å². The fourth-order valence-corrected chi connectivity index (χ4v) is 1.96. The van der Waals surface area contributed by atoms with Gasteiger partial charge >= 0.3 is 0 Å². The maximum absolute atomic E-state index is 11.8. The van der Waals surface area contributed by atoms with Gasteiger partial charge in [-0.15, -0.1) is 0 Å². The van der Waals surface area contributed by atoms with Crippen LogP contribution in [0.1, 0.15) is 27.2 Å². The molecule has 1 aromatic carbocycles. The highest BCUT2D eigenvalue weighted by molar-refractivity contribution is 5.90. The highest BCUT2D eigenvalue weighted by atomic mass is 16.5. The third kappa shape index (κ3) is 10.2. The standard InChI is InChI=1S/C18H30N2O4/c1-4-24-17-7-5-6-16(14-17)20-18(21)8-10-22-12-13-23-11-9-19-15(2)3/h5-7,14-15,19H,4,8-13H2,1-3H3,(H,20,21). The smallest absolute Gasteiger partial charge is 0.226 e. The summed E-state index contributed by atoms with van der Waals surface area (Å²) >= 11 is 0. The van der Waals surface area contributed by atoms with Crippen LogP contribution in [0.5, 0.6) is 5.75 Å². The first-order chi connectivity index (χ1) is 11.6. The molecule has 0 aromatic heterocycles. The lowest BCUT2D eigenvalue weighted by Gasteiger charge is -2.09. The third-order valence-corrected chi connectivity index (χ3v) is 3.07. The van der Waals surface area contributed by atoms with Crippen molar-refractivity contribution in [1.29, 1.82) is 0 Å². The number of anilines is 1. The van der Waals surface area contributed by atoms with Gasteiger partial charge in [-0.25, -0.2) is 0 Å². The number of rotatable bonds is 13. The summed E-state index contributed by atoms with van der Waals surface area (Å²) in [6, 6.07) is 7.82. The molecule has 2 N–H and O–H groups in total. The van der Waals surface area contributed by atoms with Crippen LogP contribution in [0.3, 0.4) is 0 Å². The van der Waals surface area contributed by atoms with E-state index in [9.17, 15) is 4.79 Å². The number of ether oxygens (including phenoxy) is 3. The molecule has 6 nitrogen and oxygen atoms in total. The molecule has 0 radical (unpaired) electrons. The molecule has 1 rings (SSSR count). The minimum atomic E-state index is -0.0781. The van der Waals surface area contributed by atoms with Crippen LogP contribution >= 0.6 is 0 Å². The Balaban J connectivity index is 2.05. The van der Waals surface area contributed by atoms with E-state index in [0.717, 1.165) is 18.0 Å². The highest BCUT2D eigenvalue weighted by Crippen LogP contribution is 2.17. The van der Waals surface area contributed by atoms with Crippen LogP contribution in [0.15, 0.2) is 24.3 Å². The van der Waals surface area contributed by atoms with E-state index in [0.29, 0.717) is 45.5 Å². The van der Waals surface area contributed by atoms with Crippen LogP contribution in [0.4, 0.5) is 5.69 Å². The summed E-state index contributed by atoms with van der Waals surface area (Å²) in [4.78, 5) is 11.8. The minimum Gasteiger partial charge on any atom is -0.494 e. The second-order valence-corrected chi connectivity index (χ2v) is 5.59. The molecule has 1 aromatic rings. The van der Waals surface area contributed by atoms with Crippen LogP contribution in [-0.2, 0) is 14.3 Å². The molecular weight excluding hydrogens is 308 g/mol. The van der Waals surface area contributed by atoms with Gasteiger partial charge < -0.3 is 24.8 Å². The number of hydrogen-bond acceptors (Lipinski definition) is 5. The van der Waals surface area contributed by atoms with Gasteiger partial charge in [0.25, 0.3) is 0 Å². The van der Waals surface area contributed by atoms with E-state index in [4.69, 9.17) is 14.2 Å². The Bertz CT molecular complexity index is 466. The topological polar surface area (TPSA) is 68.8 Å². The second kappa shape index (κ2) is 12.8. The van der Waals surface area contributed by atoms with Gasteiger partial charge in [0.2, 0.25) is 5.91 Å². The Hall–Kier alpha value is -1.63. The molecule has 0 aliphatic carbocycles. The van der Waals surface area contributed by atoms with Crippen molar-refractivity contribution in [2.24, 2.45) is 0 Å². The Morgan fingerprint density at radius 1 is 1.12 bits per heavy atom. The quantitative estimate of drug-likeness (QED) is 0.541. The Labute approximate surface area is 144 Å². The highest BCUT2D eigenvalue weighted by Gasteiger charge is 2.03. The predicted octanol–water partition coefficient (Wildman–Crippen LogP) is 2.45. The zero-order valence-electron chi connectivity index (χ0n) is 15.0. The Morgan fingerprint density at radius 3 is 2.58 bits per heavy atom. The van der Waals surface area contributed by atoms with Gasteiger partial charge in [-0.05, 0) is 19.1 Å². The molecule has 0 heterocycles. The second-order valence-electron chi connectivity index (χ2n) is 5.59. The monoisotopic (exact) mass is 338 g/mol. The molecule has 0 saturated heterocycles. The van der Waals surface area contributed by atoms with E-state index in [-0.39, 0.29) is 5.91 Å². The van der Waals surface area contributed by atoms with Crippen molar-refractivity contribution < 1.29 is 19.0 Å². The number of benzene rings is 1. The summed E-state index contributed by atoms with van der Waals surface area (Å²) in [5, 5.41) is 6.10. The average molecular weight is 338 g/mol. The van der Waals surface area contributed by atoms with Crippen molar-refractivity contribution in [3.63, 3.8) is 0 Å². The van der Waals surface area contributed by atoms with Gasteiger partial charge in [0, 0.05) is 24.3 Å². The molecule has 0 bridgehead atoms. The summed E-state index contributed by atoms with van der Waals surface area (Å²) < 4.78 is 16.2. The number of hydrogen-bond donors (Lipinski definition) is 2. The van der Waals surface area contributed by atoms with Crippen molar-refractivity contribution in [3.8, 4) is 5.75 Å². The average Bonchev–Trinajstić information content (AvgIpc) is 2.53. The van der Waals surface area contributed by atoms with Crippen molar-refractivity contribution >= 4 is 11.6 Å². The largest absolute Gasteiger partial charge is 0.494 e. The van der Waals surface area contributed by atoms with Crippen LogP contribution in [0.2, 0.25) is 0 Å². The molecule has 6 heteroatoms. The fraction of sp³-hybridized carbons (Fsp3) is 0.611. The van der Waals surface area contributed by atoms with Gasteiger partial charge in [0.05, 0.1) is 39.5 Å². The van der Waals surface area contributed by atoms with E-state index in [1.54, 1.807) is 6.07 Å². The maximum atomic E-state index is 11.8. The molecule has 0 unspecified atom stereocenters. The van der Waals surface area contributed by atoms with Crippen molar-refractivity contribution in [3.05, 3.63) is 24.3 Å². The fourth-order valence-electron chi connectivity index (χ4n) is 1.96. The predicted molar refractivity (Wildman–Crippen MR) is 95.6 cm³/mol. The van der Waals surface area contributed by atoms with Crippen molar-refractivity contribution in [2.45, 2.75) is 33.2 Å². The molecule has 0 aliphatic heterocycles. The first kappa shape index (κ1) is 20.4. The van der Waals surface area contributed by atoms with Gasteiger partial charge in [0.15, 0.2) is 0 Å². The van der Waals surface area contributed by atoms with E-state index >= 15 is 0 Å². The molecule has 0 atom stereocenters. The van der Waals surface area contributed by atoms with Crippen LogP contribution in [0.25, 0.3) is 0 Å². The van der Waals surface area contributed by atoms with Crippen molar-refractivity contribution in [1.82, 2.24) is 5.32 Å². The lowest BCUT2D eigenvalue weighted by Crippen LogP contribution is -2.27. The SMILES string of the molecule is CCOc1cccc(NC(=O)CCOCCOCCNC(C)C)c1. The molecule has 0 fully saturated rings. The maximum Gasteiger partial charge on any atom is 0.226 e. The number of carbonyl (C=O) groups is 1. The third-order valence-electron chi connectivity index (χ3n) is 3.07. The zero-order chi connectivity index (χ0) is 17.6. The minimum absolute atomic E-state index is 0.0781. The van der Waals surface area contributed by atoms with Crippen LogP contribution in [-0.4, -0.2) is 51.5 Å². The number of carbonyl (C=O) groups excluding carboxylic acids is 1.